The Hall–Kier alpha value is -2.28. The predicted molar refractivity (Wildman–Crippen MR) is 86.5 cm³/mol. The van der Waals surface area contributed by atoms with Crippen LogP contribution in [0.2, 0.25) is 5.02 Å². The number of nitrogens with one attached hydrogen (secondary N) is 1. The van der Waals surface area contributed by atoms with Crippen molar-refractivity contribution in [3.05, 3.63) is 64.2 Å². The summed E-state index contributed by atoms with van der Waals surface area (Å²) in [5.74, 6) is 5.52. The smallest absolute Gasteiger partial charge is 0.257 e. The number of amides is 1. The number of hydrogen-bond acceptors (Lipinski definition) is 2. The SMILES string of the molecule is Cc1cc(C#CCN)ccc1NC(=O)c1ccccc1Cl. The Balaban J connectivity index is 2.20. The Kier molecular flexibility index (Phi) is 4.99. The summed E-state index contributed by atoms with van der Waals surface area (Å²) in [5.41, 5.74) is 8.33. The van der Waals surface area contributed by atoms with Crippen LogP contribution in [0.3, 0.4) is 0 Å². The summed E-state index contributed by atoms with van der Waals surface area (Å²) in [4.78, 5) is 12.2. The van der Waals surface area contributed by atoms with E-state index in [4.69, 9.17) is 17.3 Å². The van der Waals surface area contributed by atoms with E-state index in [0.717, 1.165) is 16.8 Å². The maximum absolute atomic E-state index is 12.2. The van der Waals surface area contributed by atoms with Gasteiger partial charge in [-0.25, -0.2) is 0 Å². The van der Waals surface area contributed by atoms with Crippen LogP contribution in [-0.2, 0) is 0 Å². The van der Waals surface area contributed by atoms with Gasteiger partial charge in [0.25, 0.3) is 5.91 Å². The summed E-state index contributed by atoms with van der Waals surface area (Å²) in [7, 11) is 0. The number of carbonyl (C=O) groups is 1. The zero-order valence-electron chi connectivity index (χ0n) is 11.6. The second-order valence-corrected chi connectivity index (χ2v) is 4.88. The van der Waals surface area contributed by atoms with E-state index >= 15 is 0 Å². The van der Waals surface area contributed by atoms with Crippen molar-refractivity contribution in [3.8, 4) is 11.8 Å². The third kappa shape index (κ3) is 3.85. The maximum atomic E-state index is 12.2. The molecule has 1 amide bonds. The second kappa shape index (κ2) is 6.94. The highest BCUT2D eigenvalue weighted by molar-refractivity contribution is 6.34. The molecule has 0 spiro atoms. The number of aryl methyl sites for hydroxylation is 1. The van der Waals surface area contributed by atoms with Gasteiger partial charge in [-0.2, -0.15) is 0 Å². The highest BCUT2D eigenvalue weighted by atomic mass is 35.5. The molecule has 0 aliphatic heterocycles. The third-order valence-electron chi connectivity index (χ3n) is 2.93. The summed E-state index contributed by atoms with van der Waals surface area (Å²) in [6.45, 7) is 2.24. The molecular formula is C17H15ClN2O. The number of hydrogen-bond donors (Lipinski definition) is 2. The first-order valence-electron chi connectivity index (χ1n) is 6.47. The Morgan fingerprint density at radius 1 is 1.29 bits per heavy atom. The van der Waals surface area contributed by atoms with Crippen LogP contribution in [0, 0.1) is 18.8 Å². The molecule has 3 N–H and O–H groups in total. The van der Waals surface area contributed by atoms with Crippen LogP contribution in [0.5, 0.6) is 0 Å². The topological polar surface area (TPSA) is 55.1 Å². The molecule has 0 aromatic heterocycles. The largest absolute Gasteiger partial charge is 0.322 e. The number of rotatable bonds is 2. The average molecular weight is 299 g/mol. The molecule has 0 fully saturated rings. The Morgan fingerprint density at radius 2 is 2.05 bits per heavy atom. The molecule has 21 heavy (non-hydrogen) atoms. The lowest BCUT2D eigenvalue weighted by Crippen LogP contribution is -2.13. The fourth-order valence-corrected chi connectivity index (χ4v) is 2.09. The molecule has 2 aromatic carbocycles. The fraction of sp³-hybridized carbons (Fsp3) is 0.118. The molecule has 2 aromatic rings. The first-order chi connectivity index (χ1) is 10.1. The van der Waals surface area contributed by atoms with E-state index in [0.29, 0.717) is 17.1 Å². The minimum Gasteiger partial charge on any atom is -0.322 e. The average Bonchev–Trinajstić information content (AvgIpc) is 2.48. The molecule has 0 atom stereocenters. The zero-order valence-corrected chi connectivity index (χ0v) is 12.4. The molecule has 2 rings (SSSR count). The van der Waals surface area contributed by atoms with Crippen molar-refractivity contribution in [2.75, 3.05) is 11.9 Å². The van der Waals surface area contributed by atoms with Crippen molar-refractivity contribution < 1.29 is 4.79 Å². The number of nitrogens with two attached hydrogens (primary N) is 1. The first-order valence-corrected chi connectivity index (χ1v) is 6.85. The van der Waals surface area contributed by atoms with Crippen LogP contribution >= 0.6 is 11.6 Å². The molecule has 0 saturated heterocycles. The van der Waals surface area contributed by atoms with Crippen molar-refractivity contribution >= 4 is 23.2 Å². The minimum absolute atomic E-state index is 0.232. The highest BCUT2D eigenvalue weighted by Crippen LogP contribution is 2.20. The van der Waals surface area contributed by atoms with Crippen molar-refractivity contribution in [1.29, 1.82) is 0 Å². The normalized spacial score (nSPS) is 9.67. The van der Waals surface area contributed by atoms with Crippen LogP contribution in [0.25, 0.3) is 0 Å². The lowest BCUT2D eigenvalue weighted by atomic mass is 10.1. The van der Waals surface area contributed by atoms with Gasteiger partial charge in [-0.15, -0.1) is 0 Å². The fourth-order valence-electron chi connectivity index (χ4n) is 1.87. The molecule has 0 unspecified atom stereocenters. The van der Waals surface area contributed by atoms with Crippen LogP contribution in [0.15, 0.2) is 42.5 Å². The van der Waals surface area contributed by atoms with Gasteiger partial charge in [0.05, 0.1) is 17.1 Å². The van der Waals surface area contributed by atoms with Crippen LogP contribution < -0.4 is 11.1 Å². The van der Waals surface area contributed by atoms with Crippen molar-refractivity contribution in [2.24, 2.45) is 5.73 Å². The summed E-state index contributed by atoms with van der Waals surface area (Å²) in [6.07, 6.45) is 0. The Bertz CT molecular complexity index is 729. The maximum Gasteiger partial charge on any atom is 0.257 e. The van der Waals surface area contributed by atoms with Crippen molar-refractivity contribution in [2.45, 2.75) is 6.92 Å². The van der Waals surface area contributed by atoms with Gasteiger partial charge >= 0.3 is 0 Å². The second-order valence-electron chi connectivity index (χ2n) is 4.47. The van der Waals surface area contributed by atoms with Gasteiger partial charge in [0, 0.05) is 11.3 Å². The van der Waals surface area contributed by atoms with Crippen molar-refractivity contribution in [3.63, 3.8) is 0 Å². The minimum atomic E-state index is -0.232. The van der Waals surface area contributed by atoms with Gasteiger partial charge in [-0.1, -0.05) is 35.6 Å². The molecule has 0 heterocycles. The number of benzene rings is 2. The quantitative estimate of drug-likeness (QED) is 0.837. The van der Waals surface area contributed by atoms with Crippen LogP contribution in [-0.4, -0.2) is 12.5 Å². The monoisotopic (exact) mass is 298 g/mol. The molecule has 0 saturated carbocycles. The lowest BCUT2D eigenvalue weighted by Gasteiger charge is -2.09. The van der Waals surface area contributed by atoms with Gasteiger partial charge in [0.2, 0.25) is 0 Å². The van der Waals surface area contributed by atoms with Crippen LogP contribution in [0.4, 0.5) is 5.69 Å². The molecule has 0 aliphatic carbocycles. The number of halogens is 1. The van der Waals surface area contributed by atoms with E-state index < -0.39 is 0 Å². The van der Waals surface area contributed by atoms with Gasteiger partial charge in [-0.3, -0.25) is 4.79 Å². The van der Waals surface area contributed by atoms with E-state index in [1.165, 1.54) is 0 Å². The number of anilines is 1. The van der Waals surface area contributed by atoms with Gasteiger partial charge < -0.3 is 11.1 Å². The van der Waals surface area contributed by atoms with Crippen molar-refractivity contribution in [1.82, 2.24) is 0 Å². The van der Waals surface area contributed by atoms with Crippen LogP contribution in [0.1, 0.15) is 21.5 Å². The predicted octanol–water partition coefficient (Wildman–Crippen LogP) is 3.21. The molecule has 3 nitrogen and oxygen atoms in total. The van der Waals surface area contributed by atoms with E-state index in [1.54, 1.807) is 24.3 Å². The van der Waals surface area contributed by atoms with Gasteiger partial charge in [-0.05, 0) is 42.8 Å². The Labute approximate surface area is 129 Å². The van der Waals surface area contributed by atoms with Gasteiger partial charge in [0.1, 0.15) is 0 Å². The van der Waals surface area contributed by atoms with E-state index in [2.05, 4.69) is 17.2 Å². The summed E-state index contributed by atoms with van der Waals surface area (Å²) >= 11 is 6.02. The van der Waals surface area contributed by atoms with E-state index in [9.17, 15) is 4.79 Å². The molecular weight excluding hydrogens is 284 g/mol. The molecule has 0 bridgehead atoms. The van der Waals surface area contributed by atoms with E-state index in [1.807, 2.05) is 25.1 Å². The summed E-state index contributed by atoms with van der Waals surface area (Å²) in [6, 6.07) is 12.5. The van der Waals surface area contributed by atoms with Gasteiger partial charge in [0.15, 0.2) is 0 Å². The third-order valence-corrected chi connectivity index (χ3v) is 3.26. The standard InChI is InChI=1S/C17H15ClN2O/c1-12-11-13(5-4-10-19)8-9-16(12)20-17(21)14-6-2-3-7-15(14)18/h2-3,6-9,11H,10,19H2,1H3,(H,20,21). The molecule has 106 valence electrons. The van der Waals surface area contributed by atoms with E-state index in [-0.39, 0.29) is 5.91 Å². The Morgan fingerprint density at radius 3 is 2.71 bits per heavy atom. The molecule has 0 radical (unpaired) electrons. The first kappa shape index (κ1) is 15.1. The number of carbonyl (C=O) groups excluding carboxylic acids is 1. The lowest BCUT2D eigenvalue weighted by molar-refractivity contribution is 0.102. The highest BCUT2D eigenvalue weighted by Gasteiger charge is 2.10. The molecule has 4 heteroatoms. The zero-order chi connectivity index (χ0) is 15.2. The molecule has 0 aliphatic rings. The summed E-state index contributed by atoms with van der Waals surface area (Å²) in [5, 5.41) is 3.28. The summed E-state index contributed by atoms with van der Waals surface area (Å²) < 4.78 is 0.